The number of rotatable bonds is 2. The zero-order chi connectivity index (χ0) is 17.4. The predicted molar refractivity (Wildman–Crippen MR) is 97.0 cm³/mol. The van der Waals surface area contributed by atoms with Crippen molar-refractivity contribution in [2.24, 2.45) is 0 Å². The quantitative estimate of drug-likeness (QED) is 0.909. The number of nitrogens with zero attached hydrogens (tertiary/aromatic N) is 2. The zero-order valence-corrected chi connectivity index (χ0v) is 15.0. The minimum atomic E-state index is 0.0330. The van der Waals surface area contributed by atoms with Crippen LogP contribution in [0.4, 0.5) is 0 Å². The Morgan fingerprint density at radius 3 is 2.84 bits per heavy atom. The van der Waals surface area contributed by atoms with Crippen LogP contribution in [0.15, 0.2) is 18.6 Å². The molecule has 0 radical (unpaired) electrons. The van der Waals surface area contributed by atoms with E-state index in [4.69, 9.17) is 4.74 Å². The Kier molecular flexibility index (Phi) is 4.24. The number of hydrogen-bond donors (Lipinski definition) is 1. The second-order valence-electron chi connectivity index (χ2n) is 7.18. The van der Waals surface area contributed by atoms with Crippen molar-refractivity contribution in [3.05, 3.63) is 35.3 Å². The Morgan fingerprint density at radius 2 is 2.04 bits per heavy atom. The molecule has 25 heavy (non-hydrogen) atoms. The molecule has 0 unspecified atom stereocenters. The lowest BCUT2D eigenvalue weighted by molar-refractivity contribution is 0.0927. The molecule has 0 saturated heterocycles. The number of imidazole rings is 1. The first-order chi connectivity index (χ1) is 12.1. The van der Waals surface area contributed by atoms with Gasteiger partial charge in [0.1, 0.15) is 12.4 Å². The summed E-state index contributed by atoms with van der Waals surface area (Å²) in [6.07, 6.45) is 9.55. The number of amides is 1. The van der Waals surface area contributed by atoms with Crippen molar-refractivity contribution in [1.82, 2.24) is 14.9 Å². The number of benzene rings is 1. The lowest BCUT2D eigenvalue weighted by Gasteiger charge is -2.24. The summed E-state index contributed by atoms with van der Waals surface area (Å²) in [5.41, 5.74) is 4.77. The van der Waals surface area contributed by atoms with Crippen LogP contribution >= 0.6 is 0 Å². The number of carbonyl (C=O) groups is 1. The van der Waals surface area contributed by atoms with Crippen LogP contribution in [0, 0.1) is 13.8 Å². The van der Waals surface area contributed by atoms with Gasteiger partial charge in [-0.2, -0.15) is 0 Å². The summed E-state index contributed by atoms with van der Waals surface area (Å²) in [6.45, 7) is 5.44. The topological polar surface area (TPSA) is 56.1 Å². The molecule has 2 aliphatic rings. The lowest BCUT2D eigenvalue weighted by atomic mass is 9.93. The normalized spacial score (nSPS) is 17.2. The molecule has 1 fully saturated rings. The van der Waals surface area contributed by atoms with Gasteiger partial charge in [0.2, 0.25) is 0 Å². The van der Waals surface area contributed by atoms with E-state index in [1.807, 2.05) is 32.4 Å². The van der Waals surface area contributed by atoms with E-state index in [-0.39, 0.29) is 5.91 Å². The van der Waals surface area contributed by atoms with Crippen LogP contribution < -0.4 is 10.1 Å². The first-order valence-corrected chi connectivity index (χ1v) is 9.23. The van der Waals surface area contributed by atoms with E-state index in [1.54, 1.807) is 0 Å². The Hall–Kier alpha value is -2.30. The predicted octanol–water partition coefficient (Wildman–Crippen LogP) is 3.62. The Labute approximate surface area is 148 Å². The average Bonchev–Trinajstić information content (AvgIpc) is 3.01. The van der Waals surface area contributed by atoms with Gasteiger partial charge >= 0.3 is 0 Å². The average molecular weight is 339 g/mol. The van der Waals surface area contributed by atoms with Crippen LogP contribution in [0.25, 0.3) is 11.3 Å². The summed E-state index contributed by atoms with van der Waals surface area (Å²) in [5.74, 6) is 0.913. The maximum Gasteiger partial charge on any atom is 0.251 e. The van der Waals surface area contributed by atoms with Gasteiger partial charge in [-0.15, -0.1) is 0 Å². The molecular weight excluding hydrogens is 314 g/mol. The van der Waals surface area contributed by atoms with Crippen molar-refractivity contribution in [2.75, 3.05) is 6.61 Å². The molecule has 1 aliphatic carbocycles. The molecule has 4 rings (SSSR count). The summed E-state index contributed by atoms with van der Waals surface area (Å²) >= 11 is 0. The van der Waals surface area contributed by atoms with E-state index in [2.05, 4.69) is 14.9 Å². The largest absolute Gasteiger partial charge is 0.491 e. The Bertz CT molecular complexity index is 804. The first-order valence-electron chi connectivity index (χ1n) is 9.23. The summed E-state index contributed by atoms with van der Waals surface area (Å²) in [7, 11) is 0. The molecule has 0 spiro atoms. The monoisotopic (exact) mass is 339 g/mol. The van der Waals surface area contributed by atoms with Gasteiger partial charge in [0.25, 0.3) is 5.91 Å². The number of carbonyl (C=O) groups excluding carboxylic acids is 1. The highest BCUT2D eigenvalue weighted by molar-refractivity contribution is 5.98. The van der Waals surface area contributed by atoms with E-state index >= 15 is 0 Å². The molecule has 1 N–H and O–H groups in total. The van der Waals surface area contributed by atoms with Gasteiger partial charge in [0.05, 0.1) is 24.8 Å². The van der Waals surface area contributed by atoms with Crippen molar-refractivity contribution >= 4 is 5.91 Å². The van der Waals surface area contributed by atoms with Gasteiger partial charge in [-0.05, 0) is 43.9 Å². The Morgan fingerprint density at radius 1 is 1.24 bits per heavy atom. The first kappa shape index (κ1) is 16.2. The summed E-state index contributed by atoms with van der Waals surface area (Å²) in [6, 6.07) is 2.29. The van der Waals surface area contributed by atoms with E-state index < -0.39 is 0 Å². The van der Waals surface area contributed by atoms with E-state index in [0.29, 0.717) is 12.6 Å². The third kappa shape index (κ3) is 2.92. The molecule has 1 aliphatic heterocycles. The van der Waals surface area contributed by atoms with E-state index in [1.165, 1.54) is 19.3 Å². The molecule has 1 aromatic heterocycles. The molecule has 2 heterocycles. The standard InChI is InChI=1S/C20H25N3O2/c1-13-14(2)19-17(18-11-21-12-23(18)8-9-25-19)10-16(13)20(24)22-15-6-4-3-5-7-15/h10-12,15H,3-9H2,1-2H3,(H,22,24). The highest BCUT2D eigenvalue weighted by Crippen LogP contribution is 2.38. The van der Waals surface area contributed by atoms with Crippen LogP contribution in [0.2, 0.25) is 0 Å². The maximum atomic E-state index is 12.9. The minimum Gasteiger partial charge on any atom is -0.491 e. The fourth-order valence-corrected chi connectivity index (χ4v) is 3.98. The van der Waals surface area contributed by atoms with Crippen molar-refractivity contribution in [1.29, 1.82) is 0 Å². The molecule has 0 atom stereocenters. The van der Waals surface area contributed by atoms with Crippen molar-refractivity contribution < 1.29 is 9.53 Å². The molecule has 5 nitrogen and oxygen atoms in total. The third-order valence-corrected chi connectivity index (χ3v) is 5.59. The van der Waals surface area contributed by atoms with Crippen LogP contribution in [0.3, 0.4) is 0 Å². The second kappa shape index (κ2) is 6.54. The summed E-state index contributed by atoms with van der Waals surface area (Å²) < 4.78 is 8.09. The smallest absolute Gasteiger partial charge is 0.251 e. The van der Waals surface area contributed by atoms with Crippen LogP contribution in [0.5, 0.6) is 5.75 Å². The van der Waals surface area contributed by atoms with Gasteiger partial charge in [0, 0.05) is 17.2 Å². The van der Waals surface area contributed by atoms with Gasteiger partial charge in [-0.3, -0.25) is 4.79 Å². The van der Waals surface area contributed by atoms with E-state index in [9.17, 15) is 4.79 Å². The van der Waals surface area contributed by atoms with Gasteiger partial charge < -0.3 is 14.6 Å². The second-order valence-corrected chi connectivity index (χ2v) is 7.18. The number of nitrogens with one attached hydrogen (secondary N) is 1. The van der Waals surface area contributed by atoms with Gasteiger partial charge in [-0.25, -0.2) is 4.98 Å². The number of fused-ring (bicyclic) bond motifs is 3. The number of aromatic nitrogens is 2. The lowest BCUT2D eigenvalue weighted by Crippen LogP contribution is -2.36. The third-order valence-electron chi connectivity index (χ3n) is 5.59. The highest BCUT2D eigenvalue weighted by Gasteiger charge is 2.24. The molecule has 0 bridgehead atoms. The fraction of sp³-hybridized carbons (Fsp3) is 0.500. The minimum absolute atomic E-state index is 0.0330. The van der Waals surface area contributed by atoms with Crippen LogP contribution in [0.1, 0.15) is 53.6 Å². The highest BCUT2D eigenvalue weighted by atomic mass is 16.5. The molecule has 1 aromatic carbocycles. The SMILES string of the molecule is Cc1c(C(=O)NC2CCCCC2)cc2c(c1C)OCCn1cncc1-2. The van der Waals surface area contributed by atoms with Crippen molar-refractivity contribution in [3.63, 3.8) is 0 Å². The number of ether oxygens (including phenoxy) is 1. The van der Waals surface area contributed by atoms with Crippen LogP contribution in [-0.2, 0) is 6.54 Å². The van der Waals surface area contributed by atoms with E-state index in [0.717, 1.165) is 53.1 Å². The number of hydrogen-bond acceptors (Lipinski definition) is 3. The Balaban J connectivity index is 1.73. The van der Waals surface area contributed by atoms with Gasteiger partial charge in [0.15, 0.2) is 0 Å². The molecule has 2 aromatic rings. The molecule has 1 amide bonds. The van der Waals surface area contributed by atoms with Crippen LogP contribution in [-0.4, -0.2) is 28.1 Å². The molecule has 1 saturated carbocycles. The fourth-order valence-electron chi connectivity index (χ4n) is 3.98. The van der Waals surface area contributed by atoms with Crippen molar-refractivity contribution in [2.45, 2.75) is 58.5 Å². The maximum absolute atomic E-state index is 12.9. The summed E-state index contributed by atoms with van der Waals surface area (Å²) in [4.78, 5) is 17.2. The summed E-state index contributed by atoms with van der Waals surface area (Å²) in [5, 5.41) is 3.24. The molecule has 132 valence electrons. The molecule has 5 heteroatoms. The zero-order valence-electron chi connectivity index (χ0n) is 15.0. The van der Waals surface area contributed by atoms with Crippen molar-refractivity contribution in [3.8, 4) is 17.0 Å². The molecular formula is C20H25N3O2. The van der Waals surface area contributed by atoms with Gasteiger partial charge in [-0.1, -0.05) is 19.3 Å².